The standard InChI is InChI=1S/C18H23BrN2O4S/c19-14-2-1-3-15(10-14)20-16(22)11-26-12-17(23)21-6-4-13(5-7-21)18-24-8-9-25-18/h1-3,10,13,18H,4-9,11-12H2,(H,20,22). The van der Waals surface area contributed by atoms with Gasteiger partial charge in [-0.15, -0.1) is 11.8 Å². The van der Waals surface area contributed by atoms with Gasteiger partial charge in [0.1, 0.15) is 0 Å². The molecular weight excluding hydrogens is 420 g/mol. The number of benzene rings is 1. The number of nitrogens with zero attached hydrogens (tertiary/aromatic N) is 1. The molecule has 0 bridgehead atoms. The maximum absolute atomic E-state index is 12.3. The summed E-state index contributed by atoms with van der Waals surface area (Å²) in [6, 6.07) is 7.44. The van der Waals surface area contributed by atoms with Gasteiger partial charge in [-0.1, -0.05) is 22.0 Å². The summed E-state index contributed by atoms with van der Waals surface area (Å²) in [6.45, 7) is 2.81. The molecule has 142 valence electrons. The number of nitrogens with one attached hydrogen (secondary N) is 1. The molecule has 0 unspecified atom stereocenters. The minimum absolute atomic E-state index is 0.0941. The molecule has 6 nitrogen and oxygen atoms in total. The van der Waals surface area contributed by atoms with Crippen LogP contribution in [0, 0.1) is 5.92 Å². The van der Waals surface area contributed by atoms with Gasteiger partial charge in [0, 0.05) is 29.2 Å². The number of hydrogen-bond donors (Lipinski definition) is 1. The van der Waals surface area contributed by atoms with E-state index in [1.165, 1.54) is 11.8 Å². The zero-order valence-electron chi connectivity index (χ0n) is 14.5. The van der Waals surface area contributed by atoms with Crippen LogP contribution in [0.1, 0.15) is 12.8 Å². The molecule has 0 atom stereocenters. The van der Waals surface area contributed by atoms with Crippen LogP contribution in [0.15, 0.2) is 28.7 Å². The molecule has 2 aliphatic rings. The summed E-state index contributed by atoms with van der Waals surface area (Å²) < 4.78 is 12.0. The highest BCUT2D eigenvalue weighted by atomic mass is 79.9. The van der Waals surface area contributed by atoms with Gasteiger partial charge in [0.2, 0.25) is 11.8 Å². The summed E-state index contributed by atoms with van der Waals surface area (Å²) in [4.78, 5) is 26.2. The lowest BCUT2D eigenvalue weighted by atomic mass is 9.96. The Morgan fingerprint density at radius 2 is 1.92 bits per heavy atom. The summed E-state index contributed by atoms with van der Waals surface area (Å²) in [5.74, 6) is 0.961. The fraction of sp³-hybridized carbons (Fsp3) is 0.556. The van der Waals surface area contributed by atoms with Gasteiger partial charge < -0.3 is 19.7 Å². The molecule has 0 aromatic heterocycles. The smallest absolute Gasteiger partial charge is 0.234 e. The molecule has 2 aliphatic heterocycles. The van der Waals surface area contributed by atoms with Gasteiger partial charge in [-0.25, -0.2) is 0 Å². The number of carbonyl (C=O) groups is 2. The van der Waals surface area contributed by atoms with Crippen LogP contribution in [0.3, 0.4) is 0 Å². The number of piperidine rings is 1. The summed E-state index contributed by atoms with van der Waals surface area (Å²) >= 11 is 4.72. The predicted octanol–water partition coefficient (Wildman–Crippen LogP) is 2.73. The van der Waals surface area contributed by atoms with E-state index < -0.39 is 0 Å². The van der Waals surface area contributed by atoms with Gasteiger partial charge in [-0.2, -0.15) is 0 Å². The molecular formula is C18H23BrN2O4S. The first-order valence-corrected chi connectivity index (χ1v) is 10.7. The van der Waals surface area contributed by atoms with E-state index in [-0.39, 0.29) is 23.9 Å². The molecule has 1 aromatic rings. The number of anilines is 1. The quantitative estimate of drug-likeness (QED) is 0.733. The maximum atomic E-state index is 12.3. The first-order valence-electron chi connectivity index (χ1n) is 8.76. The molecule has 0 spiro atoms. The molecule has 2 amide bonds. The van der Waals surface area contributed by atoms with Gasteiger partial charge in [-0.05, 0) is 31.0 Å². The Balaban J connectivity index is 1.33. The number of carbonyl (C=O) groups excluding carboxylic acids is 2. The summed E-state index contributed by atoms with van der Waals surface area (Å²) in [5.41, 5.74) is 0.745. The molecule has 3 rings (SSSR count). The van der Waals surface area contributed by atoms with E-state index in [0.29, 0.717) is 24.9 Å². The normalized spacial score (nSPS) is 18.9. The molecule has 0 radical (unpaired) electrons. The molecule has 2 fully saturated rings. The van der Waals surface area contributed by atoms with Crippen LogP contribution < -0.4 is 5.32 Å². The van der Waals surface area contributed by atoms with Gasteiger partial charge in [0.05, 0.1) is 24.7 Å². The lowest BCUT2D eigenvalue weighted by Crippen LogP contribution is -2.42. The Labute approximate surface area is 166 Å². The Hall–Kier alpha value is -1.09. The van der Waals surface area contributed by atoms with E-state index in [1.54, 1.807) is 0 Å². The molecule has 0 saturated carbocycles. The van der Waals surface area contributed by atoms with Crippen molar-refractivity contribution in [1.82, 2.24) is 4.90 Å². The van der Waals surface area contributed by atoms with Crippen LogP contribution in [0.5, 0.6) is 0 Å². The van der Waals surface area contributed by atoms with Crippen molar-refractivity contribution in [3.63, 3.8) is 0 Å². The second-order valence-electron chi connectivity index (χ2n) is 6.38. The molecule has 8 heteroatoms. The molecule has 1 aromatic carbocycles. The molecule has 26 heavy (non-hydrogen) atoms. The number of ether oxygens (including phenoxy) is 2. The van der Waals surface area contributed by atoms with E-state index >= 15 is 0 Å². The van der Waals surface area contributed by atoms with Crippen LogP contribution >= 0.6 is 27.7 Å². The van der Waals surface area contributed by atoms with Crippen LogP contribution in [0.25, 0.3) is 0 Å². The number of amides is 2. The number of rotatable bonds is 6. The number of thioether (sulfide) groups is 1. The summed E-state index contributed by atoms with van der Waals surface area (Å²) in [5, 5.41) is 2.83. The highest BCUT2D eigenvalue weighted by Crippen LogP contribution is 2.26. The highest BCUT2D eigenvalue weighted by molar-refractivity contribution is 9.10. The Morgan fingerprint density at radius 3 is 2.62 bits per heavy atom. The van der Waals surface area contributed by atoms with Crippen molar-refractivity contribution < 1.29 is 19.1 Å². The summed E-state index contributed by atoms with van der Waals surface area (Å²) in [6.07, 6.45) is 1.72. The number of hydrogen-bond acceptors (Lipinski definition) is 5. The number of halogens is 1. The second kappa shape index (κ2) is 9.73. The lowest BCUT2D eigenvalue weighted by molar-refractivity contribution is -0.134. The highest BCUT2D eigenvalue weighted by Gasteiger charge is 2.31. The van der Waals surface area contributed by atoms with E-state index in [9.17, 15) is 9.59 Å². The number of likely N-dealkylation sites (tertiary alicyclic amines) is 1. The maximum Gasteiger partial charge on any atom is 0.234 e. The third-order valence-electron chi connectivity index (χ3n) is 4.49. The van der Waals surface area contributed by atoms with Crippen molar-refractivity contribution in [3.8, 4) is 0 Å². The molecule has 2 heterocycles. The van der Waals surface area contributed by atoms with E-state index in [0.717, 1.165) is 36.1 Å². The fourth-order valence-corrected chi connectivity index (χ4v) is 4.27. The van der Waals surface area contributed by atoms with Crippen molar-refractivity contribution >= 4 is 45.2 Å². The fourth-order valence-electron chi connectivity index (χ4n) is 3.16. The zero-order valence-corrected chi connectivity index (χ0v) is 16.9. The van der Waals surface area contributed by atoms with Gasteiger partial charge >= 0.3 is 0 Å². The lowest BCUT2D eigenvalue weighted by Gasteiger charge is -2.33. The third-order valence-corrected chi connectivity index (χ3v) is 5.90. The van der Waals surface area contributed by atoms with Crippen molar-refractivity contribution in [3.05, 3.63) is 28.7 Å². The van der Waals surface area contributed by atoms with Crippen LogP contribution in [-0.4, -0.2) is 60.8 Å². The van der Waals surface area contributed by atoms with E-state index in [4.69, 9.17) is 9.47 Å². The Bertz CT molecular complexity index is 631. The molecule has 1 N–H and O–H groups in total. The molecule has 0 aliphatic carbocycles. The summed E-state index contributed by atoms with van der Waals surface area (Å²) in [7, 11) is 0. The second-order valence-corrected chi connectivity index (χ2v) is 8.28. The molecule has 2 saturated heterocycles. The van der Waals surface area contributed by atoms with Crippen molar-refractivity contribution in [2.24, 2.45) is 5.92 Å². The van der Waals surface area contributed by atoms with Crippen LogP contribution in [-0.2, 0) is 19.1 Å². The monoisotopic (exact) mass is 442 g/mol. The first kappa shape index (κ1) is 19.7. The van der Waals surface area contributed by atoms with Crippen LogP contribution in [0.4, 0.5) is 5.69 Å². The van der Waals surface area contributed by atoms with Crippen molar-refractivity contribution in [2.75, 3.05) is 43.1 Å². The Kier molecular flexibility index (Phi) is 7.36. The van der Waals surface area contributed by atoms with Gasteiger partial charge in [-0.3, -0.25) is 9.59 Å². The predicted molar refractivity (Wildman–Crippen MR) is 105 cm³/mol. The van der Waals surface area contributed by atoms with Gasteiger partial charge in [0.25, 0.3) is 0 Å². The van der Waals surface area contributed by atoms with Crippen molar-refractivity contribution in [1.29, 1.82) is 0 Å². The first-order chi connectivity index (χ1) is 12.6. The average molecular weight is 443 g/mol. The minimum atomic E-state index is -0.102. The third kappa shape index (κ3) is 5.70. The van der Waals surface area contributed by atoms with E-state index in [1.807, 2.05) is 29.2 Å². The zero-order chi connectivity index (χ0) is 18.4. The SMILES string of the molecule is O=C(CSCC(=O)N1CCC(C2OCCO2)CC1)Nc1cccc(Br)c1. The van der Waals surface area contributed by atoms with Gasteiger partial charge in [0.15, 0.2) is 6.29 Å². The largest absolute Gasteiger partial charge is 0.350 e. The minimum Gasteiger partial charge on any atom is -0.350 e. The van der Waals surface area contributed by atoms with E-state index in [2.05, 4.69) is 21.2 Å². The average Bonchev–Trinajstić information content (AvgIpc) is 3.16. The topological polar surface area (TPSA) is 67.9 Å². The van der Waals surface area contributed by atoms with Crippen molar-refractivity contribution in [2.45, 2.75) is 19.1 Å². The van der Waals surface area contributed by atoms with Crippen LogP contribution in [0.2, 0.25) is 0 Å². The Morgan fingerprint density at radius 1 is 1.19 bits per heavy atom.